The maximum absolute atomic E-state index is 3.52. The molecule has 0 aromatic carbocycles. The van der Waals surface area contributed by atoms with E-state index in [1.807, 2.05) is 11.1 Å². The Kier molecular flexibility index (Phi) is 3.66. The molecule has 54 valence electrons. The van der Waals surface area contributed by atoms with Crippen LogP contribution in [0.2, 0.25) is 0 Å². The van der Waals surface area contributed by atoms with Crippen LogP contribution in [0.25, 0.3) is 0 Å². The van der Waals surface area contributed by atoms with Gasteiger partial charge >= 0.3 is 0 Å². The summed E-state index contributed by atoms with van der Waals surface area (Å²) >= 11 is 8.50. The first kappa shape index (κ1) is 8.50. The Morgan fingerprint density at radius 2 is 2.40 bits per heavy atom. The number of halogens is 2. The van der Waals surface area contributed by atoms with Gasteiger partial charge in [-0.15, -0.1) is 11.3 Å². The molecule has 0 aliphatic heterocycles. The molecule has 10 heavy (non-hydrogen) atoms. The third kappa shape index (κ3) is 2.22. The fraction of sp³-hybridized carbons (Fsp3) is 0.143. The number of thiophene rings is 1. The van der Waals surface area contributed by atoms with Crippen LogP contribution in [0, 0.1) is 0 Å². The Labute approximate surface area is 81.2 Å². The number of rotatable bonds is 2. The lowest BCUT2D eigenvalue weighted by atomic mass is 10.3. The third-order valence-electron chi connectivity index (χ3n) is 1.06. The first-order chi connectivity index (χ1) is 4.84. The van der Waals surface area contributed by atoms with Gasteiger partial charge in [0.25, 0.3) is 0 Å². The molecule has 0 amide bonds. The molecule has 0 aliphatic carbocycles. The summed E-state index contributed by atoms with van der Waals surface area (Å²) in [6.07, 6.45) is 2.05. The van der Waals surface area contributed by atoms with Crippen molar-refractivity contribution in [3.63, 3.8) is 0 Å². The van der Waals surface area contributed by atoms with Crippen LogP contribution in [0.15, 0.2) is 28.6 Å². The zero-order valence-corrected chi connectivity index (χ0v) is 9.12. The normalized spacial score (nSPS) is 14.2. The molecule has 0 bridgehead atoms. The predicted molar refractivity (Wildman–Crippen MR) is 54.1 cm³/mol. The van der Waals surface area contributed by atoms with Crippen molar-refractivity contribution in [3.05, 3.63) is 33.5 Å². The highest BCUT2D eigenvalue weighted by molar-refractivity contribution is 9.11. The summed E-state index contributed by atoms with van der Waals surface area (Å²) in [5.74, 6) is 0. The second-order valence-electron chi connectivity index (χ2n) is 1.74. The van der Waals surface area contributed by atoms with Gasteiger partial charge in [0.15, 0.2) is 0 Å². The number of hydrogen-bond donors (Lipinski definition) is 0. The molecule has 1 aromatic rings. The van der Waals surface area contributed by atoms with E-state index in [1.165, 1.54) is 4.88 Å². The molecule has 0 saturated heterocycles. The summed E-state index contributed by atoms with van der Waals surface area (Å²) in [6, 6.07) is 4.16. The monoisotopic (exact) mass is 280 g/mol. The topological polar surface area (TPSA) is 0 Å². The van der Waals surface area contributed by atoms with Crippen LogP contribution in [0.4, 0.5) is 0 Å². The smallest absolute Gasteiger partial charge is 0.0676 e. The molecular weight excluding hydrogens is 276 g/mol. The summed E-state index contributed by atoms with van der Waals surface area (Å²) in [4.78, 5) is 3.55. The van der Waals surface area contributed by atoms with E-state index in [9.17, 15) is 0 Å². The van der Waals surface area contributed by atoms with Crippen LogP contribution in [-0.4, -0.2) is 0 Å². The molecule has 3 heteroatoms. The summed E-state index contributed by atoms with van der Waals surface area (Å²) in [5.41, 5.74) is 0. The van der Waals surface area contributed by atoms with Gasteiger partial charge in [-0.05, 0) is 16.4 Å². The van der Waals surface area contributed by atoms with Gasteiger partial charge in [0, 0.05) is 4.88 Å². The van der Waals surface area contributed by atoms with Gasteiger partial charge in [-0.1, -0.05) is 44.0 Å². The Morgan fingerprint density at radius 3 is 2.90 bits per heavy atom. The zero-order chi connectivity index (χ0) is 7.40. The van der Waals surface area contributed by atoms with Gasteiger partial charge in [-0.25, -0.2) is 0 Å². The van der Waals surface area contributed by atoms with Crippen molar-refractivity contribution in [2.45, 2.75) is 4.83 Å². The molecule has 0 saturated carbocycles. The van der Waals surface area contributed by atoms with E-state index in [2.05, 4.69) is 49.4 Å². The molecular formula is C7H6Br2S. The molecule has 0 fully saturated rings. The summed E-state index contributed by atoms with van der Waals surface area (Å²) in [7, 11) is 0. The van der Waals surface area contributed by atoms with Crippen molar-refractivity contribution >= 4 is 43.2 Å². The van der Waals surface area contributed by atoms with Crippen LogP contribution < -0.4 is 0 Å². The van der Waals surface area contributed by atoms with E-state index in [-0.39, 0.29) is 0 Å². The quantitative estimate of drug-likeness (QED) is 0.716. The van der Waals surface area contributed by atoms with E-state index in [0.29, 0.717) is 4.83 Å². The van der Waals surface area contributed by atoms with E-state index in [0.717, 1.165) is 0 Å². The maximum Gasteiger partial charge on any atom is 0.0676 e. The van der Waals surface area contributed by atoms with Crippen molar-refractivity contribution in [1.29, 1.82) is 0 Å². The average molecular weight is 282 g/mol. The molecule has 0 spiro atoms. The first-order valence-electron chi connectivity index (χ1n) is 2.79. The highest BCUT2D eigenvalue weighted by Gasteiger charge is 2.01. The van der Waals surface area contributed by atoms with Crippen molar-refractivity contribution < 1.29 is 0 Å². The predicted octanol–water partition coefficient (Wildman–Crippen LogP) is 4.09. The van der Waals surface area contributed by atoms with Crippen LogP contribution in [0.5, 0.6) is 0 Å². The standard InChI is InChI=1S/C7H6Br2S/c8-4-3-6(9)7-2-1-5-10-7/h1-6H. The fourth-order valence-corrected chi connectivity index (χ4v) is 2.63. The van der Waals surface area contributed by atoms with Crippen molar-refractivity contribution in [3.8, 4) is 0 Å². The summed E-state index contributed by atoms with van der Waals surface area (Å²) < 4.78 is 0. The second-order valence-corrected chi connectivity index (χ2v) is 4.23. The van der Waals surface area contributed by atoms with Crippen LogP contribution in [0.1, 0.15) is 9.70 Å². The Bertz CT molecular complexity index is 203. The molecule has 1 heterocycles. The molecule has 0 radical (unpaired) electrons. The molecule has 1 rings (SSSR count). The van der Waals surface area contributed by atoms with E-state index in [1.54, 1.807) is 11.3 Å². The van der Waals surface area contributed by atoms with E-state index < -0.39 is 0 Å². The van der Waals surface area contributed by atoms with Crippen molar-refractivity contribution in [1.82, 2.24) is 0 Å². The van der Waals surface area contributed by atoms with Gasteiger partial charge in [0.2, 0.25) is 0 Å². The number of hydrogen-bond acceptors (Lipinski definition) is 1. The number of alkyl halides is 1. The molecule has 1 atom stereocenters. The fourth-order valence-electron chi connectivity index (χ4n) is 0.607. The highest BCUT2D eigenvalue weighted by atomic mass is 79.9. The molecule has 0 aliphatic rings. The largest absolute Gasteiger partial charge is 0.147 e. The minimum atomic E-state index is 0.354. The Morgan fingerprint density at radius 1 is 1.60 bits per heavy atom. The average Bonchev–Trinajstić information content (AvgIpc) is 2.38. The second kappa shape index (κ2) is 4.31. The lowest BCUT2D eigenvalue weighted by Gasteiger charge is -1.96. The number of allylic oxidation sites excluding steroid dienone is 1. The van der Waals surface area contributed by atoms with Gasteiger partial charge in [0.05, 0.1) is 4.83 Å². The Hall–Kier alpha value is 0.400. The van der Waals surface area contributed by atoms with Gasteiger partial charge < -0.3 is 0 Å². The minimum absolute atomic E-state index is 0.354. The summed E-state index contributed by atoms with van der Waals surface area (Å²) in [5, 5.41) is 2.08. The first-order valence-corrected chi connectivity index (χ1v) is 5.50. The maximum atomic E-state index is 3.52. The summed E-state index contributed by atoms with van der Waals surface area (Å²) in [6.45, 7) is 0. The van der Waals surface area contributed by atoms with E-state index >= 15 is 0 Å². The molecule has 0 N–H and O–H groups in total. The third-order valence-corrected chi connectivity index (χ3v) is 3.42. The van der Waals surface area contributed by atoms with Crippen molar-refractivity contribution in [2.75, 3.05) is 0 Å². The minimum Gasteiger partial charge on any atom is -0.147 e. The zero-order valence-electron chi connectivity index (χ0n) is 5.13. The van der Waals surface area contributed by atoms with Crippen LogP contribution >= 0.6 is 43.2 Å². The highest BCUT2D eigenvalue weighted by Crippen LogP contribution is 2.28. The van der Waals surface area contributed by atoms with Crippen LogP contribution in [-0.2, 0) is 0 Å². The van der Waals surface area contributed by atoms with Gasteiger partial charge in [-0.2, -0.15) is 0 Å². The Balaban J connectivity index is 2.67. The van der Waals surface area contributed by atoms with Gasteiger partial charge in [0.1, 0.15) is 0 Å². The van der Waals surface area contributed by atoms with Crippen LogP contribution in [0.3, 0.4) is 0 Å². The van der Waals surface area contributed by atoms with Crippen molar-refractivity contribution in [2.24, 2.45) is 0 Å². The SMILES string of the molecule is BrC=CC(Br)c1cccs1. The molecule has 1 unspecified atom stereocenters. The van der Waals surface area contributed by atoms with Gasteiger partial charge in [-0.3, -0.25) is 0 Å². The lowest BCUT2D eigenvalue weighted by Crippen LogP contribution is -1.75. The van der Waals surface area contributed by atoms with E-state index in [4.69, 9.17) is 0 Å². The lowest BCUT2D eigenvalue weighted by molar-refractivity contribution is 1.33. The molecule has 1 aromatic heterocycles. The molecule has 0 nitrogen and oxygen atoms in total.